The number of thiazole rings is 1. The summed E-state index contributed by atoms with van der Waals surface area (Å²) < 4.78 is 5.37. The number of amides is 2. The summed E-state index contributed by atoms with van der Waals surface area (Å²) in [6.45, 7) is 7.55. The van der Waals surface area contributed by atoms with Crippen LogP contribution in [0.25, 0.3) is 0 Å². The average molecular weight is 401 g/mol. The van der Waals surface area contributed by atoms with Gasteiger partial charge in [-0.15, -0.1) is 11.3 Å². The second-order valence-corrected chi connectivity index (χ2v) is 8.64. The Hall–Kier alpha value is -2.45. The Morgan fingerprint density at radius 2 is 2.14 bits per heavy atom. The minimum atomic E-state index is -0.246. The van der Waals surface area contributed by atoms with Crippen molar-refractivity contribution in [3.63, 3.8) is 0 Å². The van der Waals surface area contributed by atoms with Gasteiger partial charge in [-0.2, -0.15) is 0 Å². The molecule has 1 saturated heterocycles. The lowest BCUT2D eigenvalue weighted by molar-refractivity contribution is -0.118. The second kappa shape index (κ2) is 7.89. The molecule has 4 rings (SSSR count). The minimum Gasteiger partial charge on any atom is -0.482 e. The van der Waals surface area contributed by atoms with Crippen molar-refractivity contribution in [1.29, 1.82) is 0 Å². The zero-order valence-electron chi connectivity index (χ0n) is 16.0. The Labute approximate surface area is 168 Å². The second-order valence-electron chi connectivity index (χ2n) is 7.79. The first-order valence-electron chi connectivity index (χ1n) is 9.51. The first-order valence-corrected chi connectivity index (χ1v) is 10.4. The fourth-order valence-corrected chi connectivity index (χ4v) is 4.67. The van der Waals surface area contributed by atoms with Crippen LogP contribution in [0, 0.1) is 11.8 Å². The molecule has 0 radical (unpaired) electrons. The molecular weight excluding hydrogens is 376 g/mol. The first-order chi connectivity index (χ1) is 13.5. The number of anilines is 2. The zero-order valence-corrected chi connectivity index (χ0v) is 16.8. The van der Waals surface area contributed by atoms with Crippen molar-refractivity contribution in [1.82, 2.24) is 9.88 Å². The molecule has 2 aliphatic heterocycles. The maximum Gasteiger partial charge on any atom is 0.262 e. The van der Waals surface area contributed by atoms with E-state index in [2.05, 4.69) is 34.4 Å². The fourth-order valence-electron chi connectivity index (χ4n) is 3.97. The standard InChI is InChI=1S/C20H24N4O3S/c1-12-5-13(2)8-24(7-12)9-15-11-28-20(21-15)23-19(26)14-3-4-16-17(6-14)27-10-18(25)22-16/h3-4,6,11-13H,5,7-10H2,1-2H3,(H,22,25)(H,21,23,26). The highest BCUT2D eigenvalue weighted by Gasteiger charge is 2.23. The molecule has 28 heavy (non-hydrogen) atoms. The number of hydrogen-bond donors (Lipinski definition) is 2. The predicted molar refractivity (Wildman–Crippen MR) is 109 cm³/mol. The molecule has 1 aromatic heterocycles. The van der Waals surface area contributed by atoms with E-state index in [0.717, 1.165) is 25.3 Å². The van der Waals surface area contributed by atoms with Crippen LogP contribution in [0.2, 0.25) is 0 Å². The van der Waals surface area contributed by atoms with Crippen molar-refractivity contribution in [3.8, 4) is 5.75 Å². The van der Waals surface area contributed by atoms with Gasteiger partial charge in [0.25, 0.3) is 11.8 Å². The molecular formula is C20H24N4O3S. The molecule has 2 aromatic rings. The average Bonchev–Trinajstić information content (AvgIpc) is 3.07. The topological polar surface area (TPSA) is 83.6 Å². The number of ether oxygens (including phenoxy) is 1. The number of carbonyl (C=O) groups excluding carboxylic acids is 2. The third-order valence-electron chi connectivity index (χ3n) is 4.98. The Kier molecular flexibility index (Phi) is 5.32. The predicted octanol–water partition coefficient (Wildman–Crippen LogP) is 3.20. The van der Waals surface area contributed by atoms with Crippen LogP contribution in [-0.2, 0) is 11.3 Å². The molecule has 2 amide bonds. The number of piperidine rings is 1. The molecule has 2 unspecified atom stereocenters. The van der Waals surface area contributed by atoms with Crippen LogP contribution < -0.4 is 15.4 Å². The molecule has 2 N–H and O–H groups in total. The zero-order chi connectivity index (χ0) is 19.7. The van der Waals surface area contributed by atoms with Crippen LogP contribution in [0.4, 0.5) is 10.8 Å². The lowest BCUT2D eigenvalue weighted by Crippen LogP contribution is -2.38. The van der Waals surface area contributed by atoms with Gasteiger partial charge in [-0.05, 0) is 36.5 Å². The van der Waals surface area contributed by atoms with E-state index >= 15 is 0 Å². The van der Waals surface area contributed by atoms with Gasteiger partial charge in [-0.1, -0.05) is 13.8 Å². The van der Waals surface area contributed by atoms with E-state index in [-0.39, 0.29) is 18.4 Å². The molecule has 148 valence electrons. The van der Waals surface area contributed by atoms with Crippen molar-refractivity contribution in [3.05, 3.63) is 34.8 Å². The molecule has 0 saturated carbocycles. The van der Waals surface area contributed by atoms with Crippen molar-refractivity contribution >= 4 is 34.0 Å². The summed E-state index contributed by atoms with van der Waals surface area (Å²) in [5.74, 6) is 1.47. The summed E-state index contributed by atoms with van der Waals surface area (Å²) in [7, 11) is 0. The Bertz CT molecular complexity index is 887. The minimum absolute atomic E-state index is 0.0400. The van der Waals surface area contributed by atoms with Gasteiger partial charge in [0.1, 0.15) is 5.75 Å². The van der Waals surface area contributed by atoms with Gasteiger partial charge in [0.05, 0.1) is 11.4 Å². The van der Waals surface area contributed by atoms with E-state index in [4.69, 9.17) is 4.74 Å². The van der Waals surface area contributed by atoms with E-state index in [1.54, 1.807) is 18.2 Å². The van der Waals surface area contributed by atoms with Crippen molar-refractivity contribution in [2.45, 2.75) is 26.8 Å². The number of rotatable bonds is 4. The normalized spacial score (nSPS) is 22.1. The van der Waals surface area contributed by atoms with Gasteiger partial charge < -0.3 is 10.1 Å². The van der Waals surface area contributed by atoms with Crippen molar-refractivity contribution < 1.29 is 14.3 Å². The van der Waals surface area contributed by atoms with Crippen molar-refractivity contribution in [2.75, 3.05) is 30.3 Å². The Balaban J connectivity index is 1.38. The highest BCUT2D eigenvalue weighted by Crippen LogP contribution is 2.29. The van der Waals surface area contributed by atoms with Gasteiger partial charge >= 0.3 is 0 Å². The molecule has 0 aliphatic carbocycles. The highest BCUT2D eigenvalue weighted by atomic mass is 32.1. The van der Waals surface area contributed by atoms with Gasteiger partial charge in [-0.25, -0.2) is 4.98 Å². The lowest BCUT2D eigenvalue weighted by Gasteiger charge is -2.34. The quantitative estimate of drug-likeness (QED) is 0.823. The third-order valence-corrected chi connectivity index (χ3v) is 5.79. The largest absolute Gasteiger partial charge is 0.482 e. The number of fused-ring (bicyclic) bond motifs is 1. The summed E-state index contributed by atoms with van der Waals surface area (Å²) >= 11 is 1.43. The van der Waals surface area contributed by atoms with E-state index in [1.165, 1.54) is 17.8 Å². The van der Waals surface area contributed by atoms with Crippen LogP contribution in [0.5, 0.6) is 5.75 Å². The molecule has 1 aromatic carbocycles. The van der Waals surface area contributed by atoms with Gasteiger partial charge in [0.15, 0.2) is 11.7 Å². The number of hydrogen-bond acceptors (Lipinski definition) is 6. The molecule has 3 heterocycles. The summed E-state index contributed by atoms with van der Waals surface area (Å²) in [4.78, 5) is 30.9. The van der Waals surface area contributed by atoms with Gasteiger partial charge in [0, 0.05) is 30.6 Å². The summed E-state index contributed by atoms with van der Waals surface area (Å²) in [6.07, 6.45) is 1.28. The summed E-state index contributed by atoms with van der Waals surface area (Å²) in [5, 5.41) is 8.16. The number of carbonyl (C=O) groups is 2. The molecule has 0 spiro atoms. The lowest BCUT2D eigenvalue weighted by atomic mass is 9.92. The smallest absolute Gasteiger partial charge is 0.262 e. The number of nitrogens with one attached hydrogen (secondary N) is 2. The maximum atomic E-state index is 12.6. The van der Waals surface area contributed by atoms with E-state index in [0.29, 0.717) is 34.0 Å². The van der Waals surface area contributed by atoms with E-state index < -0.39 is 0 Å². The SMILES string of the molecule is CC1CC(C)CN(Cc2csc(NC(=O)c3ccc4c(c3)OCC(=O)N4)n2)C1. The molecule has 0 bridgehead atoms. The Morgan fingerprint density at radius 1 is 1.36 bits per heavy atom. The molecule has 2 aliphatic rings. The van der Waals surface area contributed by atoms with Gasteiger partial charge in [-0.3, -0.25) is 19.8 Å². The van der Waals surface area contributed by atoms with Crippen LogP contribution >= 0.6 is 11.3 Å². The number of nitrogens with zero attached hydrogens (tertiary/aromatic N) is 2. The van der Waals surface area contributed by atoms with Crippen LogP contribution in [0.3, 0.4) is 0 Å². The van der Waals surface area contributed by atoms with Gasteiger partial charge in [0.2, 0.25) is 0 Å². The molecule has 8 heteroatoms. The molecule has 1 fully saturated rings. The number of benzene rings is 1. The van der Waals surface area contributed by atoms with Crippen LogP contribution in [0.15, 0.2) is 23.6 Å². The Morgan fingerprint density at radius 3 is 2.93 bits per heavy atom. The summed E-state index contributed by atoms with van der Waals surface area (Å²) in [5.41, 5.74) is 2.03. The number of aromatic nitrogens is 1. The fraction of sp³-hybridized carbons (Fsp3) is 0.450. The van der Waals surface area contributed by atoms with E-state index in [9.17, 15) is 9.59 Å². The number of likely N-dealkylation sites (tertiary alicyclic amines) is 1. The molecule has 7 nitrogen and oxygen atoms in total. The molecule has 2 atom stereocenters. The monoisotopic (exact) mass is 400 g/mol. The highest BCUT2D eigenvalue weighted by molar-refractivity contribution is 7.14. The first kappa shape index (κ1) is 18.9. The van der Waals surface area contributed by atoms with Crippen LogP contribution in [-0.4, -0.2) is 41.4 Å². The summed E-state index contributed by atoms with van der Waals surface area (Å²) in [6, 6.07) is 4.97. The van der Waals surface area contributed by atoms with Crippen LogP contribution in [0.1, 0.15) is 36.3 Å². The third kappa shape index (κ3) is 4.34. The van der Waals surface area contributed by atoms with Crippen molar-refractivity contribution in [2.24, 2.45) is 11.8 Å². The van der Waals surface area contributed by atoms with E-state index in [1.807, 2.05) is 5.38 Å². The maximum absolute atomic E-state index is 12.6.